The van der Waals surface area contributed by atoms with Gasteiger partial charge in [0.05, 0.1) is 12.0 Å². The Hall–Kier alpha value is -3.74. The van der Waals surface area contributed by atoms with Crippen LogP contribution in [-0.2, 0) is 11.2 Å². The first-order valence-corrected chi connectivity index (χ1v) is 9.77. The van der Waals surface area contributed by atoms with E-state index in [1.54, 1.807) is 35.2 Å². The van der Waals surface area contributed by atoms with Crippen LogP contribution in [0.25, 0.3) is 0 Å². The van der Waals surface area contributed by atoms with Crippen LogP contribution in [0, 0.1) is 0 Å². The van der Waals surface area contributed by atoms with E-state index >= 15 is 0 Å². The van der Waals surface area contributed by atoms with Crippen LogP contribution in [0.3, 0.4) is 0 Å². The van der Waals surface area contributed by atoms with E-state index in [9.17, 15) is 18.4 Å². The molecule has 0 radical (unpaired) electrons. The highest BCUT2D eigenvalue weighted by Gasteiger charge is 2.16. The lowest BCUT2D eigenvalue weighted by Gasteiger charge is -2.21. The summed E-state index contributed by atoms with van der Waals surface area (Å²) >= 11 is 0. The fourth-order valence-corrected chi connectivity index (χ4v) is 3.14. The summed E-state index contributed by atoms with van der Waals surface area (Å²) in [6, 6.07) is 22.0. The van der Waals surface area contributed by atoms with Gasteiger partial charge < -0.3 is 15.0 Å². The van der Waals surface area contributed by atoms with E-state index in [0.29, 0.717) is 12.2 Å². The van der Waals surface area contributed by atoms with Gasteiger partial charge in [0.1, 0.15) is 5.75 Å². The second-order valence-electron chi connectivity index (χ2n) is 6.68. The molecule has 0 saturated carbocycles. The van der Waals surface area contributed by atoms with Gasteiger partial charge in [0, 0.05) is 17.9 Å². The highest BCUT2D eigenvalue weighted by atomic mass is 19.3. The standard InChI is InChI=1S/C24H22F2N2O3/c1-2-28(19-8-4-3-5-9-19)22(29)16-17-12-14-18(15-13-17)27-23(30)20-10-6-7-11-21(20)31-24(25)26/h3-15,24H,2,16H2,1H3,(H,27,30). The molecule has 0 aromatic heterocycles. The van der Waals surface area contributed by atoms with Crippen LogP contribution < -0.4 is 15.0 Å². The summed E-state index contributed by atoms with van der Waals surface area (Å²) < 4.78 is 29.5. The van der Waals surface area contributed by atoms with Crippen LogP contribution in [0.2, 0.25) is 0 Å². The van der Waals surface area contributed by atoms with Crippen LogP contribution in [0.4, 0.5) is 20.2 Å². The summed E-state index contributed by atoms with van der Waals surface area (Å²) in [5.74, 6) is -0.803. The highest BCUT2D eigenvalue weighted by molar-refractivity contribution is 6.06. The minimum atomic E-state index is -3.02. The van der Waals surface area contributed by atoms with Gasteiger partial charge in [0.15, 0.2) is 0 Å². The number of rotatable bonds is 8. The number of amides is 2. The highest BCUT2D eigenvalue weighted by Crippen LogP contribution is 2.22. The number of ether oxygens (including phenoxy) is 1. The second-order valence-corrected chi connectivity index (χ2v) is 6.68. The molecule has 0 heterocycles. The Balaban J connectivity index is 1.65. The average molecular weight is 424 g/mol. The van der Waals surface area contributed by atoms with Crippen molar-refractivity contribution in [1.82, 2.24) is 0 Å². The number of hydrogen-bond acceptors (Lipinski definition) is 3. The van der Waals surface area contributed by atoms with Crippen molar-refractivity contribution in [3.63, 3.8) is 0 Å². The molecule has 0 aliphatic carbocycles. The molecule has 5 nitrogen and oxygen atoms in total. The predicted molar refractivity (Wildman–Crippen MR) is 116 cm³/mol. The third-order valence-electron chi connectivity index (χ3n) is 4.60. The molecule has 31 heavy (non-hydrogen) atoms. The third-order valence-corrected chi connectivity index (χ3v) is 4.60. The minimum Gasteiger partial charge on any atom is -0.434 e. The predicted octanol–water partition coefficient (Wildman–Crippen LogP) is 5.14. The van der Waals surface area contributed by atoms with Crippen molar-refractivity contribution >= 4 is 23.2 Å². The number of anilines is 2. The molecule has 0 fully saturated rings. The first kappa shape index (κ1) is 22.0. The molecule has 0 unspecified atom stereocenters. The molecule has 7 heteroatoms. The zero-order valence-electron chi connectivity index (χ0n) is 16.9. The Morgan fingerprint density at radius 2 is 1.58 bits per heavy atom. The number of alkyl halides is 2. The maximum absolute atomic E-state index is 12.7. The molecule has 1 N–H and O–H groups in total. The quantitative estimate of drug-likeness (QED) is 0.545. The zero-order chi connectivity index (χ0) is 22.2. The van der Waals surface area contributed by atoms with E-state index in [2.05, 4.69) is 10.1 Å². The van der Waals surface area contributed by atoms with E-state index in [4.69, 9.17) is 0 Å². The molecule has 0 saturated heterocycles. The number of para-hydroxylation sites is 2. The van der Waals surface area contributed by atoms with Gasteiger partial charge >= 0.3 is 6.61 Å². The van der Waals surface area contributed by atoms with Crippen molar-refractivity contribution in [2.45, 2.75) is 20.0 Å². The monoisotopic (exact) mass is 424 g/mol. The molecule has 0 aliphatic heterocycles. The SMILES string of the molecule is CCN(C(=O)Cc1ccc(NC(=O)c2ccccc2OC(F)F)cc1)c1ccccc1. The summed E-state index contributed by atoms with van der Waals surface area (Å²) in [6.07, 6.45) is 0.210. The molecule has 160 valence electrons. The summed E-state index contributed by atoms with van der Waals surface area (Å²) in [7, 11) is 0. The number of nitrogens with zero attached hydrogens (tertiary/aromatic N) is 1. The molecule has 0 aliphatic rings. The maximum Gasteiger partial charge on any atom is 0.387 e. The number of likely N-dealkylation sites (N-methyl/N-ethyl adjacent to an activating group) is 1. The normalized spacial score (nSPS) is 10.6. The number of carbonyl (C=O) groups is 2. The number of halogens is 2. The van der Waals surface area contributed by atoms with Gasteiger partial charge in [-0.1, -0.05) is 42.5 Å². The van der Waals surface area contributed by atoms with Gasteiger partial charge in [0.25, 0.3) is 5.91 Å². The van der Waals surface area contributed by atoms with E-state index in [1.165, 1.54) is 18.2 Å². The van der Waals surface area contributed by atoms with Crippen molar-refractivity contribution < 1.29 is 23.1 Å². The Kier molecular flexibility index (Phi) is 7.32. The Labute approximate surface area is 179 Å². The smallest absolute Gasteiger partial charge is 0.387 e. The summed E-state index contributed by atoms with van der Waals surface area (Å²) in [5.41, 5.74) is 2.11. The Bertz CT molecular complexity index is 1020. The number of hydrogen-bond donors (Lipinski definition) is 1. The molecular weight excluding hydrogens is 402 g/mol. The van der Waals surface area contributed by atoms with E-state index in [-0.39, 0.29) is 23.6 Å². The largest absolute Gasteiger partial charge is 0.434 e. The zero-order valence-corrected chi connectivity index (χ0v) is 16.9. The Morgan fingerprint density at radius 1 is 0.935 bits per heavy atom. The van der Waals surface area contributed by atoms with Crippen molar-refractivity contribution in [2.75, 3.05) is 16.8 Å². The maximum atomic E-state index is 12.7. The molecule has 3 rings (SSSR count). The fraction of sp³-hybridized carbons (Fsp3) is 0.167. The summed E-state index contributed by atoms with van der Waals surface area (Å²) in [6.45, 7) is -0.555. The van der Waals surface area contributed by atoms with Crippen LogP contribution in [0.15, 0.2) is 78.9 Å². The molecule has 2 amide bonds. The van der Waals surface area contributed by atoms with Crippen molar-refractivity contribution in [1.29, 1.82) is 0 Å². The number of carbonyl (C=O) groups excluding carboxylic acids is 2. The number of benzene rings is 3. The van der Waals surface area contributed by atoms with Crippen LogP contribution >= 0.6 is 0 Å². The van der Waals surface area contributed by atoms with E-state index in [1.807, 2.05) is 37.3 Å². The van der Waals surface area contributed by atoms with Crippen LogP contribution in [0.1, 0.15) is 22.8 Å². The van der Waals surface area contributed by atoms with Gasteiger partial charge in [0.2, 0.25) is 5.91 Å². The van der Waals surface area contributed by atoms with E-state index < -0.39 is 12.5 Å². The van der Waals surface area contributed by atoms with Gasteiger partial charge in [-0.2, -0.15) is 8.78 Å². The first-order chi connectivity index (χ1) is 15.0. The van der Waals surface area contributed by atoms with Gasteiger partial charge in [-0.15, -0.1) is 0 Å². The summed E-state index contributed by atoms with van der Waals surface area (Å²) in [5, 5.41) is 2.65. The minimum absolute atomic E-state index is 0.00324. The third kappa shape index (κ3) is 5.88. The van der Waals surface area contributed by atoms with Crippen molar-refractivity contribution in [3.8, 4) is 5.75 Å². The van der Waals surface area contributed by atoms with Crippen LogP contribution in [0.5, 0.6) is 5.75 Å². The molecule has 0 spiro atoms. The van der Waals surface area contributed by atoms with Crippen molar-refractivity contribution in [3.05, 3.63) is 90.0 Å². The molecule has 0 bridgehead atoms. The lowest BCUT2D eigenvalue weighted by Crippen LogP contribution is -2.31. The van der Waals surface area contributed by atoms with Gasteiger partial charge in [-0.05, 0) is 48.9 Å². The topological polar surface area (TPSA) is 58.6 Å². The second kappa shape index (κ2) is 10.3. The summed E-state index contributed by atoms with van der Waals surface area (Å²) in [4.78, 5) is 26.9. The van der Waals surface area contributed by atoms with E-state index in [0.717, 1.165) is 11.3 Å². The molecule has 0 atom stereocenters. The molecule has 3 aromatic rings. The fourth-order valence-electron chi connectivity index (χ4n) is 3.14. The Morgan fingerprint density at radius 3 is 2.23 bits per heavy atom. The van der Waals surface area contributed by atoms with Crippen LogP contribution in [-0.4, -0.2) is 25.0 Å². The molecular formula is C24H22F2N2O3. The lowest BCUT2D eigenvalue weighted by molar-refractivity contribution is -0.117. The average Bonchev–Trinajstić information content (AvgIpc) is 2.76. The van der Waals surface area contributed by atoms with Gasteiger partial charge in [-0.25, -0.2) is 0 Å². The first-order valence-electron chi connectivity index (χ1n) is 9.77. The van der Waals surface area contributed by atoms with Gasteiger partial charge in [-0.3, -0.25) is 9.59 Å². The molecule has 3 aromatic carbocycles. The lowest BCUT2D eigenvalue weighted by atomic mass is 10.1. The van der Waals surface area contributed by atoms with Crippen molar-refractivity contribution in [2.24, 2.45) is 0 Å². The number of nitrogens with one attached hydrogen (secondary N) is 1.